The number of nitrogens with zero attached hydrogens (tertiary/aromatic N) is 3. The summed E-state index contributed by atoms with van der Waals surface area (Å²) in [5, 5.41) is 20.1. The van der Waals surface area contributed by atoms with Crippen LogP contribution in [0.5, 0.6) is 0 Å². The van der Waals surface area contributed by atoms with Crippen molar-refractivity contribution in [3.8, 4) is 0 Å². The predicted molar refractivity (Wildman–Crippen MR) is 122 cm³/mol. The molecule has 0 bridgehead atoms. The maximum Gasteiger partial charge on any atom is 0.251 e. The van der Waals surface area contributed by atoms with E-state index in [1.807, 2.05) is 18.2 Å². The van der Waals surface area contributed by atoms with Crippen LogP contribution in [0, 0.1) is 0 Å². The quantitative estimate of drug-likeness (QED) is 0.349. The van der Waals surface area contributed by atoms with Crippen LogP contribution in [0.4, 0.5) is 23.3 Å². The first-order chi connectivity index (χ1) is 15.1. The molecular weight excluding hydrogens is 460 g/mol. The summed E-state index contributed by atoms with van der Waals surface area (Å²) >= 11 is 3.48. The zero-order valence-electron chi connectivity index (χ0n) is 16.8. The molecule has 31 heavy (non-hydrogen) atoms. The van der Waals surface area contributed by atoms with E-state index in [4.69, 9.17) is 0 Å². The van der Waals surface area contributed by atoms with Gasteiger partial charge in [-0.2, -0.15) is 10.1 Å². The third kappa shape index (κ3) is 4.86. The van der Waals surface area contributed by atoms with Crippen molar-refractivity contribution < 1.29 is 4.79 Å². The zero-order valence-corrected chi connectivity index (χ0v) is 18.4. The lowest BCUT2D eigenvalue weighted by Crippen LogP contribution is -2.36. The number of carbonyl (C=O) groups excluding carboxylic acids is 1. The normalized spacial score (nSPS) is 18.0. The summed E-state index contributed by atoms with van der Waals surface area (Å²) in [6.07, 6.45) is 5.05. The lowest BCUT2D eigenvalue weighted by molar-refractivity contribution is 0.0940. The highest BCUT2D eigenvalue weighted by Crippen LogP contribution is 2.39. The van der Waals surface area contributed by atoms with Crippen molar-refractivity contribution in [3.63, 3.8) is 0 Å². The number of aromatic nitrogens is 4. The second-order valence-corrected chi connectivity index (χ2v) is 8.72. The lowest BCUT2D eigenvalue weighted by atomic mass is 10.1. The first-order valence-electron chi connectivity index (χ1n) is 10.4. The molecule has 1 saturated carbocycles. The van der Waals surface area contributed by atoms with Gasteiger partial charge in [0.2, 0.25) is 5.95 Å². The van der Waals surface area contributed by atoms with Crippen LogP contribution in [-0.2, 0) is 0 Å². The van der Waals surface area contributed by atoms with Crippen molar-refractivity contribution >= 4 is 45.1 Å². The molecule has 0 radical (unpaired) electrons. The van der Waals surface area contributed by atoms with Crippen molar-refractivity contribution in [2.75, 3.05) is 23.7 Å². The third-order valence-corrected chi connectivity index (χ3v) is 5.97. The van der Waals surface area contributed by atoms with Crippen LogP contribution in [-0.4, -0.2) is 45.2 Å². The molecule has 1 aromatic carbocycles. The largest absolute Gasteiger partial charge is 0.348 e. The molecule has 160 valence electrons. The highest BCUT2D eigenvalue weighted by molar-refractivity contribution is 9.10. The van der Waals surface area contributed by atoms with Crippen LogP contribution >= 0.6 is 15.9 Å². The number of anilines is 4. The second kappa shape index (κ2) is 8.64. The van der Waals surface area contributed by atoms with Crippen molar-refractivity contribution in [1.29, 1.82) is 0 Å². The summed E-state index contributed by atoms with van der Waals surface area (Å²) in [6.45, 7) is 1.77. The van der Waals surface area contributed by atoms with Gasteiger partial charge in [0.1, 0.15) is 5.82 Å². The van der Waals surface area contributed by atoms with Gasteiger partial charge in [0.05, 0.1) is 10.2 Å². The molecule has 1 atom stereocenters. The number of nitrogens with one attached hydrogen (secondary N) is 5. The van der Waals surface area contributed by atoms with Gasteiger partial charge in [-0.3, -0.25) is 9.89 Å². The Balaban J connectivity index is 1.24. The van der Waals surface area contributed by atoms with Crippen LogP contribution in [0.15, 0.2) is 41.0 Å². The molecule has 2 aliphatic rings. The number of carbonyl (C=O) groups is 1. The summed E-state index contributed by atoms with van der Waals surface area (Å²) in [5.74, 6) is 2.39. The summed E-state index contributed by atoms with van der Waals surface area (Å²) in [5.41, 5.74) is 2.51. The standard InChI is InChI=1S/C21H23BrN8O/c22-16-11-24-21(28-19(16)27-18-9-17(29-30-18)12-1-2-12)26-14-5-3-13(4-6-14)20(31)25-15-7-8-23-10-15/h3-6,9,11-12,15,23H,1-2,7-8,10H2,(H,25,31)(H3,24,26,27,28,29,30)/t15-/m1/s1. The minimum atomic E-state index is -0.0586. The number of halogens is 1. The average molecular weight is 483 g/mol. The van der Waals surface area contributed by atoms with E-state index in [0.29, 0.717) is 23.2 Å². The molecule has 5 rings (SSSR count). The number of H-pyrrole nitrogens is 1. The van der Waals surface area contributed by atoms with Gasteiger partial charge in [-0.15, -0.1) is 0 Å². The van der Waals surface area contributed by atoms with Crippen molar-refractivity contribution in [3.05, 3.63) is 52.3 Å². The molecule has 0 spiro atoms. The molecule has 2 aromatic heterocycles. The summed E-state index contributed by atoms with van der Waals surface area (Å²) in [7, 11) is 0. The average Bonchev–Trinajstić information content (AvgIpc) is 3.29. The van der Waals surface area contributed by atoms with Gasteiger partial charge < -0.3 is 21.3 Å². The molecule has 0 unspecified atom stereocenters. The monoisotopic (exact) mass is 482 g/mol. The maximum atomic E-state index is 12.4. The Morgan fingerprint density at radius 1 is 1.13 bits per heavy atom. The predicted octanol–water partition coefficient (Wildman–Crippen LogP) is 3.42. The first-order valence-corrected chi connectivity index (χ1v) is 11.2. The highest BCUT2D eigenvalue weighted by atomic mass is 79.9. The fourth-order valence-corrected chi connectivity index (χ4v) is 3.80. The van der Waals surface area contributed by atoms with E-state index < -0.39 is 0 Å². The van der Waals surface area contributed by atoms with Crippen LogP contribution in [0.3, 0.4) is 0 Å². The molecule has 3 aromatic rings. The molecule has 1 aliphatic carbocycles. The Kier molecular flexibility index (Phi) is 5.56. The molecule has 1 saturated heterocycles. The topological polar surface area (TPSA) is 120 Å². The van der Waals surface area contributed by atoms with Crippen molar-refractivity contribution in [2.24, 2.45) is 0 Å². The van der Waals surface area contributed by atoms with Crippen LogP contribution in [0.1, 0.15) is 41.2 Å². The van der Waals surface area contributed by atoms with Gasteiger partial charge in [-0.05, 0) is 66.0 Å². The molecule has 9 nitrogen and oxygen atoms in total. The summed E-state index contributed by atoms with van der Waals surface area (Å²) in [6, 6.07) is 9.49. The van der Waals surface area contributed by atoms with E-state index in [9.17, 15) is 4.79 Å². The Bertz CT molecular complexity index is 1070. The van der Waals surface area contributed by atoms with Crippen LogP contribution in [0.25, 0.3) is 0 Å². The van der Waals surface area contributed by atoms with Gasteiger partial charge in [-0.25, -0.2) is 4.98 Å². The number of rotatable bonds is 7. The fraction of sp³-hybridized carbons (Fsp3) is 0.333. The molecule has 2 fully saturated rings. The number of hydrogen-bond donors (Lipinski definition) is 5. The minimum Gasteiger partial charge on any atom is -0.348 e. The number of amides is 1. The number of benzene rings is 1. The maximum absolute atomic E-state index is 12.4. The summed E-state index contributed by atoms with van der Waals surface area (Å²) < 4.78 is 0.744. The van der Waals surface area contributed by atoms with E-state index in [1.54, 1.807) is 18.3 Å². The van der Waals surface area contributed by atoms with Crippen molar-refractivity contribution in [2.45, 2.75) is 31.2 Å². The van der Waals surface area contributed by atoms with Crippen molar-refractivity contribution in [1.82, 2.24) is 30.8 Å². The highest BCUT2D eigenvalue weighted by Gasteiger charge is 2.26. The molecular formula is C21H23BrN8O. The van der Waals surface area contributed by atoms with E-state index >= 15 is 0 Å². The number of hydrogen-bond acceptors (Lipinski definition) is 7. The van der Waals surface area contributed by atoms with Gasteiger partial charge in [0.15, 0.2) is 5.82 Å². The molecule has 10 heteroatoms. The third-order valence-electron chi connectivity index (χ3n) is 5.39. The fourth-order valence-electron chi connectivity index (χ4n) is 3.51. The van der Waals surface area contributed by atoms with E-state index in [-0.39, 0.29) is 11.9 Å². The molecule has 1 aliphatic heterocycles. The molecule has 5 N–H and O–H groups in total. The van der Waals surface area contributed by atoms with Gasteiger partial charge >= 0.3 is 0 Å². The van der Waals surface area contributed by atoms with E-state index in [0.717, 1.165) is 41.2 Å². The zero-order chi connectivity index (χ0) is 21.2. The minimum absolute atomic E-state index is 0.0586. The van der Waals surface area contributed by atoms with E-state index in [2.05, 4.69) is 57.4 Å². The van der Waals surface area contributed by atoms with Gasteiger partial charge in [0.25, 0.3) is 5.91 Å². The van der Waals surface area contributed by atoms with Gasteiger partial charge in [-0.1, -0.05) is 0 Å². The molecule has 3 heterocycles. The molecule has 1 amide bonds. The SMILES string of the molecule is O=C(N[C@@H]1CCNC1)c1ccc(Nc2ncc(Br)c(Nc3cc(C4CC4)n[nH]3)n2)cc1. The van der Waals surface area contributed by atoms with Crippen LogP contribution < -0.4 is 21.3 Å². The first kappa shape index (κ1) is 20.0. The smallest absolute Gasteiger partial charge is 0.251 e. The van der Waals surface area contributed by atoms with Gasteiger partial charge in [0, 0.05) is 42.0 Å². The Labute approximate surface area is 188 Å². The van der Waals surface area contributed by atoms with Crippen LogP contribution in [0.2, 0.25) is 0 Å². The van der Waals surface area contributed by atoms with E-state index in [1.165, 1.54) is 12.8 Å². The Hall–Kier alpha value is -2.98. The Morgan fingerprint density at radius 2 is 1.97 bits per heavy atom. The second-order valence-electron chi connectivity index (χ2n) is 7.86. The Morgan fingerprint density at radius 3 is 2.71 bits per heavy atom. The number of aromatic amines is 1. The summed E-state index contributed by atoms with van der Waals surface area (Å²) in [4.78, 5) is 21.2. The lowest BCUT2D eigenvalue weighted by Gasteiger charge is -2.12.